The second-order valence-corrected chi connectivity index (χ2v) is 8.95. The smallest absolute Gasteiger partial charge is 0.253 e. The number of fused-ring (bicyclic) bond motifs is 1. The molecule has 7 heteroatoms. The highest BCUT2D eigenvalue weighted by Gasteiger charge is 2.27. The summed E-state index contributed by atoms with van der Waals surface area (Å²) in [4.78, 5) is 19.6. The molecule has 0 bridgehead atoms. The molecule has 0 spiro atoms. The van der Waals surface area contributed by atoms with Gasteiger partial charge >= 0.3 is 0 Å². The number of aryl methyl sites for hydroxylation is 1. The monoisotopic (exact) mass is 464 g/mol. The van der Waals surface area contributed by atoms with Crippen molar-refractivity contribution < 1.29 is 13.6 Å². The second kappa shape index (κ2) is 8.83. The summed E-state index contributed by atoms with van der Waals surface area (Å²) in [6.45, 7) is 3.37. The summed E-state index contributed by atoms with van der Waals surface area (Å²) in [6.07, 6.45) is 1.67. The van der Waals surface area contributed by atoms with E-state index < -0.39 is 0 Å². The predicted octanol–water partition coefficient (Wildman–Crippen LogP) is 5.87. The lowest BCUT2D eigenvalue weighted by Gasteiger charge is -2.30. The fraction of sp³-hybridized carbons (Fsp3) is 0.214. The van der Waals surface area contributed by atoms with E-state index in [0.29, 0.717) is 30.4 Å². The number of amides is 1. The molecular weight excluding hydrogens is 440 g/mol. The summed E-state index contributed by atoms with van der Waals surface area (Å²) >= 11 is 0. The third-order valence-electron chi connectivity index (χ3n) is 6.51. The maximum atomic E-state index is 13.1. The fourth-order valence-corrected chi connectivity index (χ4v) is 4.57. The minimum atomic E-state index is 0.0264. The molecule has 3 heterocycles. The summed E-state index contributed by atoms with van der Waals surface area (Å²) in [5, 5.41) is 8.36. The van der Waals surface area contributed by atoms with Gasteiger partial charge in [0.05, 0.1) is 0 Å². The molecule has 1 saturated heterocycles. The molecule has 2 aromatic heterocycles. The number of likely N-dealkylation sites (tertiary alicyclic amines) is 1. The first-order valence-electron chi connectivity index (χ1n) is 11.8. The molecule has 0 saturated carbocycles. The summed E-state index contributed by atoms with van der Waals surface area (Å²) in [5.74, 6) is 1.94. The molecule has 6 rings (SSSR count). The van der Waals surface area contributed by atoms with Gasteiger partial charge in [0.15, 0.2) is 11.5 Å². The van der Waals surface area contributed by atoms with Gasteiger partial charge < -0.3 is 13.7 Å². The van der Waals surface area contributed by atoms with Gasteiger partial charge in [-0.05, 0) is 68.3 Å². The van der Waals surface area contributed by atoms with Crippen LogP contribution in [0.2, 0.25) is 0 Å². The van der Waals surface area contributed by atoms with Crippen LogP contribution in [0.15, 0.2) is 81.6 Å². The fourth-order valence-electron chi connectivity index (χ4n) is 4.57. The van der Waals surface area contributed by atoms with Crippen molar-refractivity contribution in [2.45, 2.75) is 25.7 Å². The Bertz CT molecular complexity index is 1460. The zero-order chi connectivity index (χ0) is 23.8. The van der Waals surface area contributed by atoms with Crippen LogP contribution in [0.3, 0.4) is 0 Å². The zero-order valence-electron chi connectivity index (χ0n) is 19.3. The van der Waals surface area contributed by atoms with Crippen LogP contribution in [0.1, 0.15) is 40.6 Å². The number of nitrogens with zero attached hydrogens (tertiary/aromatic N) is 4. The van der Waals surface area contributed by atoms with E-state index in [1.165, 1.54) is 0 Å². The topological polar surface area (TPSA) is 85.3 Å². The number of carbonyl (C=O) groups is 1. The van der Waals surface area contributed by atoms with E-state index in [1.807, 2.05) is 84.6 Å². The van der Waals surface area contributed by atoms with E-state index in [1.54, 1.807) is 0 Å². The Morgan fingerprint density at radius 1 is 0.857 bits per heavy atom. The molecule has 174 valence electrons. The molecule has 5 aromatic rings. The maximum absolute atomic E-state index is 13.1. The molecule has 0 atom stereocenters. The average Bonchev–Trinajstić information content (AvgIpc) is 3.56. The van der Waals surface area contributed by atoms with Gasteiger partial charge in [0.2, 0.25) is 11.8 Å². The zero-order valence-corrected chi connectivity index (χ0v) is 19.3. The molecule has 3 aromatic carbocycles. The summed E-state index contributed by atoms with van der Waals surface area (Å²) in [7, 11) is 0. The molecule has 1 aliphatic heterocycles. The largest absolute Gasteiger partial charge is 0.440 e. The molecule has 35 heavy (non-hydrogen) atoms. The molecule has 0 unspecified atom stereocenters. The molecular formula is C28H24N4O3. The van der Waals surface area contributed by atoms with Gasteiger partial charge in [-0.3, -0.25) is 4.79 Å². The Hall–Kier alpha value is -4.26. The van der Waals surface area contributed by atoms with Crippen molar-refractivity contribution >= 4 is 17.0 Å². The van der Waals surface area contributed by atoms with Crippen LogP contribution in [0, 0.1) is 6.92 Å². The standard InChI is InChI=1S/C28H24N4O3/c1-18-5-4-6-22(17-18)27-31-30-26(35-27)19-9-11-21(12-10-19)28(33)32-15-13-20(14-16-32)25-29-23-7-2-3-8-24(23)34-25/h2-12,17,20H,13-16H2,1H3. The van der Waals surface area contributed by atoms with E-state index >= 15 is 0 Å². The van der Waals surface area contributed by atoms with Gasteiger partial charge in [-0.25, -0.2) is 4.98 Å². The lowest BCUT2D eigenvalue weighted by Crippen LogP contribution is -2.37. The van der Waals surface area contributed by atoms with Crippen LogP contribution in [-0.2, 0) is 0 Å². The Labute approximate surface area is 202 Å². The van der Waals surface area contributed by atoms with Crippen LogP contribution in [0.25, 0.3) is 34.0 Å². The Morgan fingerprint density at radius 3 is 2.34 bits per heavy atom. The number of hydrogen-bond acceptors (Lipinski definition) is 6. The number of oxazole rings is 1. The average molecular weight is 465 g/mol. The summed E-state index contributed by atoms with van der Waals surface area (Å²) < 4.78 is 11.8. The SMILES string of the molecule is Cc1cccc(-c2nnc(-c3ccc(C(=O)N4CCC(c5nc6ccccc6o5)CC4)cc3)o2)c1. The van der Waals surface area contributed by atoms with E-state index in [4.69, 9.17) is 8.83 Å². The van der Waals surface area contributed by atoms with Gasteiger partial charge in [0.25, 0.3) is 5.91 Å². The van der Waals surface area contributed by atoms with Crippen LogP contribution in [0.4, 0.5) is 0 Å². The van der Waals surface area contributed by atoms with Crippen molar-refractivity contribution in [2.75, 3.05) is 13.1 Å². The number of carbonyl (C=O) groups excluding carboxylic acids is 1. The van der Waals surface area contributed by atoms with Gasteiger partial charge in [0.1, 0.15) is 5.52 Å². The van der Waals surface area contributed by atoms with Crippen LogP contribution in [0.5, 0.6) is 0 Å². The molecule has 1 amide bonds. The van der Waals surface area contributed by atoms with Crippen molar-refractivity contribution in [1.29, 1.82) is 0 Å². The Kier molecular flexibility index (Phi) is 5.37. The molecule has 0 N–H and O–H groups in total. The normalized spacial score (nSPS) is 14.5. The highest BCUT2D eigenvalue weighted by Crippen LogP contribution is 2.31. The Balaban J connectivity index is 1.11. The first-order chi connectivity index (χ1) is 17.1. The van der Waals surface area contributed by atoms with Crippen molar-refractivity contribution in [1.82, 2.24) is 20.1 Å². The number of benzene rings is 3. The van der Waals surface area contributed by atoms with Crippen LogP contribution < -0.4 is 0 Å². The highest BCUT2D eigenvalue weighted by molar-refractivity contribution is 5.94. The quantitative estimate of drug-likeness (QED) is 0.331. The van der Waals surface area contributed by atoms with Gasteiger partial charge in [-0.1, -0.05) is 29.8 Å². The molecule has 1 fully saturated rings. The van der Waals surface area contributed by atoms with Crippen molar-refractivity contribution in [3.63, 3.8) is 0 Å². The first kappa shape index (κ1) is 21.3. The maximum Gasteiger partial charge on any atom is 0.253 e. The van der Waals surface area contributed by atoms with Crippen molar-refractivity contribution in [2.24, 2.45) is 0 Å². The molecule has 0 aliphatic carbocycles. The highest BCUT2D eigenvalue weighted by atomic mass is 16.4. The number of piperidine rings is 1. The number of rotatable bonds is 4. The van der Waals surface area contributed by atoms with Crippen LogP contribution >= 0.6 is 0 Å². The van der Waals surface area contributed by atoms with Crippen molar-refractivity contribution in [3.8, 4) is 22.9 Å². The van der Waals surface area contributed by atoms with Crippen LogP contribution in [-0.4, -0.2) is 39.1 Å². The molecule has 7 nitrogen and oxygen atoms in total. The van der Waals surface area contributed by atoms with Gasteiger partial charge in [0, 0.05) is 35.7 Å². The van der Waals surface area contributed by atoms with E-state index in [9.17, 15) is 4.79 Å². The number of hydrogen-bond donors (Lipinski definition) is 0. The third kappa shape index (κ3) is 4.21. The summed E-state index contributed by atoms with van der Waals surface area (Å²) in [5.41, 5.74) is 5.14. The number of aromatic nitrogens is 3. The Morgan fingerprint density at radius 2 is 1.60 bits per heavy atom. The van der Waals surface area contributed by atoms with Gasteiger partial charge in [-0.2, -0.15) is 0 Å². The lowest BCUT2D eigenvalue weighted by molar-refractivity contribution is 0.0706. The van der Waals surface area contributed by atoms with E-state index in [-0.39, 0.29) is 11.8 Å². The first-order valence-corrected chi connectivity index (χ1v) is 11.8. The predicted molar refractivity (Wildman–Crippen MR) is 132 cm³/mol. The third-order valence-corrected chi connectivity index (χ3v) is 6.51. The van der Waals surface area contributed by atoms with Gasteiger partial charge in [-0.15, -0.1) is 10.2 Å². The van der Waals surface area contributed by atoms with E-state index in [0.717, 1.165) is 46.5 Å². The lowest BCUT2D eigenvalue weighted by atomic mass is 9.96. The second-order valence-electron chi connectivity index (χ2n) is 8.95. The van der Waals surface area contributed by atoms with Crippen molar-refractivity contribution in [3.05, 3.63) is 89.8 Å². The minimum absolute atomic E-state index is 0.0264. The molecule has 0 radical (unpaired) electrons. The van der Waals surface area contributed by atoms with E-state index in [2.05, 4.69) is 15.2 Å². The summed E-state index contributed by atoms with van der Waals surface area (Å²) in [6, 6.07) is 23.1. The molecule has 1 aliphatic rings. The number of para-hydroxylation sites is 2. The minimum Gasteiger partial charge on any atom is -0.440 e.